The third-order valence-electron chi connectivity index (χ3n) is 5.01. The summed E-state index contributed by atoms with van der Waals surface area (Å²) in [5.74, 6) is -0.383. The van der Waals surface area contributed by atoms with Crippen LogP contribution in [-0.2, 0) is 13.1 Å². The molecule has 0 bridgehead atoms. The number of anilines is 1. The van der Waals surface area contributed by atoms with Gasteiger partial charge in [-0.25, -0.2) is 9.18 Å². The van der Waals surface area contributed by atoms with E-state index in [1.165, 1.54) is 12.1 Å². The summed E-state index contributed by atoms with van der Waals surface area (Å²) in [6, 6.07) is 17.4. The Balaban J connectivity index is 1.78. The lowest BCUT2D eigenvalue weighted by molar-refractivity contribution is 0.185. The van der Waals surface area contributed by atoms with Crippen molar-refractivity contribution in [3.63, 3.8) is 0 Å². The van der Waals surface area contributed by atoms with Crippen molar-refractivity contribution in [2.45, 2.75) is 39.4 Å². The van der Waals surface area contributed by atoms with E-state index in [4.69, 9.17) is 11.6 Å². The molecule has 2 amide bonds. The summed E-state index contributed by atoms with van der Waals surface area (Å²) in [4.78, 5) is 14.7. The second-order valence-electron chi connectivity index (χ2n) is 7.04. The fraction of sp³-hybridized carbons (Fsp3) is 0.261. The first-order valence-corrected chi connectivity index (χ1v) is 10.1. The minimum Gasteiger partial charge on any atom is -0.345 e. The Morgan fingerprint density at radius 3 is 2.69 bits per heavy atom. The summed E-state index contributed by atoms with van der Waals surface area (Å²) < 4.78 is 15.6. The van der Waals surface area contributed by atoms with Crippen molar-refractivity contribution in [1.29, 1.82) is 0 Å². The van der Waals surface area contributed by atoms with Crippen molar-refractivity contribution in [2.75, 3.05) is 5.32 Å². The second-order valence-corrected chi connectivity index (χ2v) is 7.45. The summed E-state index contributed by atoms with van der Waals surface area (Å²) >= 11 is 6.31. The first-order valence-electron chi connectivity index (χ1n) is 9.68. The van der Waals surface area contributed by atoms with E-state index in [-0.39, 0.29) is 17.9 Å². The molecule has 3 rings (SSSR count). The van der Waals surface area contributed by atoms with Crippen LogP contribution in [-0.4, -0.2) is 21.5 Å². The SMILES string of the molecule is CCC(C)N(Cc1cccn1Cc1ccccc1Cl)C(=O)Nc1cccc(F)c1. The number of rotatable bonds is 7. The monoisotopic (exact) mass is 413 g/mol. The molecule has 0 saturated heterocycles. The average Bonchev–Trinajstić information content (AvgIpc) is 3.14. The lowest BCUT2D eigenvalue weighted by atomic mass is 10.2. The van der Waals surface area contributed by atoms with Crippen molar-refractivity contribution < 1.29 is 9.18 Å². The second kappa shape index (κ2) is 9.61. The van der Waals surface area contributed by atoms with Crippen LogP contribution < -0.4 is 5.32 Å². The van der Waals surface area contributed by atoms with Gasteiger partial charge in [0, 0.05) is 35.2 Å². The van der Waals surface area contributed by atoms with Gasteiger partial charge in [-0.15, -0.1) is 0 Å². The number of amides is 2. The molecule has 152 valence electrons. The zero-order valence-electron chi connectivity index (χ0n) is 16.6. The fourth-order valence-electron chi connectivity index (χ4n) is 3.14. The van der Waals surface area contributed by atoms with Crippen molar-refractivity contribution >= 4 is 23.3 Å². The largest absolute Gasteiger partial charge is 0.345 e. The maximum Gasteiger partial charge on any atom is 0.322 e. The zero-order chi connectivity index (χ0) is 20.8. The van der Waals surface area contributed by atoms with Crippen LogP contribution >= 0.6 is 11.6 Å². The predicted molar refractivity (Wildman–Crippen MR) is 116 cm³/mol. The van der Waals surface area contributed by atoms with Gasteiger partial charge in [-0.05, 0) is 55.3 Å². The van der Waals surface area contributed by atoms with Crippen molar-refractivity contribution in [3.05, 3.63) is 89.0 Å². The van der Waals surface area contributed by atoms with Gasteiger partial charge >= 0.3 is 6.03 Å². The van der Waals surface area contributed by atoms with Crippen LogP contribution in [0.3, 0.4) is 0 Å². The van der Waals surface area contributed by atoms with E-state index in [1.54, 1.807) is 17.0 Å². The molecule has 6 heteroatoms. The van der Waals surface area contributed by atoms with Crippen LogP contribution in [0.5, 0.6) is 0 Å². The van der Waals surface area contributed by atoms with Gasteiger partial charge in [0.05, 0.1) is 6.54 Å². The number of nitrogens with one attached hydrogen (secondary N) is 1. The van der Waals surface area contributed by atoms with Crippen LogP contribution in [0.1, 0.15) is 31.5 Å². The van der Waals surface area contributed by atoms with Gasteiger partial charge in [0.15, 0.2) is 0 Å². The molecular formula is C23H25ClFN3O. The molecule has 4 nitrogen and oxygen atoms in total. The van der Waals surface area contributed by atoms with Crippen molar-refractivity contribution in [2.24, 2.45) is 0 Å². The Morgan fingerprint density at radius 1 is 1.17 bits per heavy atom. The molecule has 1 unspecified atom stereocenters. The Bertz CT molecular complexity index is 972. The summed E-state index contributed by atoms with van der Waals surface area (Å²) in [7, 11) is 0. The third kappa shape index (κ3) is 5.39. The fourth-order valence-corrected chi connectivity index (χ4v) is 3.34. The number of benzene rings is 2. The molecule has 1 atom stereocenters. The minimum atomic E-state index is -0.383. The number of halogens is 2. The maximum atomic E-state index is 13.5. The van der Waals surface area contributed by atoms with E-state index in [1.807, 2.05) is 56.4 Å². The Morgan fingerprint density at radius 2 is 1.97 bits per heavy atom. The van der Waals surface area contributed by atoms with Crippen LogP contribution in [0, 0.1) is 5.82 Å². The Hall–Kier alpha value is -2.79. The molecule has 3 aromatic rings. The molecular weight excluding hydrogens is 389 g/mol. The molecule has 0 saturated carbocycles. The van der Waals surface area contributed by atoms with Gasteiger partial charge in [-0.2, -0.15) is 0 Å². The van der Waals surface area contributed by atoms with E-state index >= 15 is 0 Å². The number of carbonyl (C=O) groups excluding carboxylic acids is 1. The van der Waals surface area contributed by atoms with E-state index < -0.39 is 0 Å². The highest BCUT2D eigenvalue weighted by atomic mass is 35.5. The van der Waals surface area contributed by atoms with Crippen molar-refractivity contribution in [3.8, 4) is 0 Å². The molecule has 1 N–H and O–H groups in total. The smallest absolute Gasteiger partial charge is 0.322 e. The molecule has 2 aromatic carbocycles. The van der Waals surface area contributed by atoms with Gasteiger partial charge in [-0.3, -0.25) is 0 Å². The number of nitrogens with zero attached hydrogens (tertiary/aromatic N) is 2. The topological polar surface area (TPSA) is 37.3 Å². The predicted octanol–water partition coefficient (Wildman–Crippen LogP) is 6.16. The van der Waals surface area contributed by atoms with Crippen LogP contribution in [0.2, 0.25) is 5.02 Å². The van der Waals surface area contributed by atoms with Crippen LogP contribution in [0.25, 0.3) is 0 Å². The lowest BCUT2D eigenvalue weighted by Crippen LogP contribution is -2.41. The quantitative estimate of drug-likeness (QED) is 0.494. The first kappa shape index (κ1) is 20.9. The average molecular weight is 414 g/mol. The molecule has 1 heterocycles. The molecule has 0 aliphatic rings. The van der Waals surface area contributed by atoms with Gasteiger partial charge < -0.3 is 14.8 Å². The van der Waals surface area contributed by atoms with Gasteiger partial charge in [0.25, 0.3) is 0 Å². The van der Waals surface area contributed by atoms with E-state index in [0.29, 0.717) is 18.8 Å². The third-order valence-corrected chi connectivity index (χ3v) is 5.38. The molecule has 1 aromatic heterocycles. The standard InChI is InChI=1S/C23H25ClFN3O/c1-3-17(2)28(23(29)26-20-10-6-9-19(25)14-20)16-21-11-7-13-27(21)15-18-8-4-5-12-22(18)24/h4-14,17H,3,15-16H2,1-2H3,(H,26,29). The van der Waals surface area contributed by atoms with E-state index in [9.17, 15) is 9.18 Å². The Labute approximate surface area is 175 Å². The highest BCUT2D eigenvalue weighted by molar-refractivity contribution is 6.31. The summed E-state index contributed by atoms with van der Waals surface area (Å²) in [6.07, 6.45) is 2.79. The number of hydrogen-bond donors (Lipinski definition) is 1. The van der Waals surface area contributed by atoms with Gasteiger partial charge in [0.1, 0.15) is 5.82 Å². The summed E-state index contributed by atoms with van der Waals surface area (Å²) in [5.41, 5.74) is 2.46. The summed E-state index contributed by atoms with van der Waals surface area (Å²) in [6.45, 7) is 5.11. The minimum absolute atomic E-state index is 0.0206. The molecule has 0 fully saturated rings. The van der Waals surface area contributed by atoms with Crippen molar-refractivity contribution in [1.82, 2.24) is 9.47 Å². The highest BCUT2D eigenvalue weighted by Gasteiger charge is 2.21. The molecule has 0 radical (unpaired) electrons. The first-order chi connectivity index (χ1) is 14.0. The summed E-state index contributed by atoms with van der Waals surface area (Å²) in [5, 5.41) is 3.52. The lowest BCUT2D eigenvalue weighted by Gasteiger charge is -2.29. The van der Waals surface area contributed by atoms with E-state index in [0.717, 1.165) is 22.7 Å². The molecule has 29 heavy (non-hydrogen) atoms. The number of carbonyl (C=O) groups is 1. The van der Waals surface area contributed by atoms with Crippen LogP contribution in [0.4, 0.5) is 14.9 Å². The number of aromatic nitrogens is 1. The van der Waals surface area contributed by atoms with Gasteiger partial charge in [0.2, 0.25) is 0 Å². The molecule has 0 aliphatic heterocycles. The number of hydrogen-bond acceptors (Lipinski definition) is 1. The zero-order valence-corrected chi connectivity index (χ0v) is 17.4. The molecule has 0 aliphatic carbocycles. The van der Waals surface area contributed by atoms with Gasteiger partial charge in [-0.1, -0.05) is 42.8 Å². The maximum absolute atomic E-state index is 13.5. The molecule has 0 spiro atoms. The normalized spacial score (nSPS) is 11.9. The number of urea groups is 1. The Kier molecular flexibility index (Phi) is 6.94. The van der Waals surface area contributed by atoms with E-state index in [2.05, 4.69) is 9.88 Å². The van der Waals surface area contributed by atoms with Crippen LogP contribution in [0.15, 0.2) is 66.9 Å². The highest BCUT2D eigenvalue weighted by Crippen LogP contribution is 2.20.